The van der Waals surface area contributed by atoms with Crippen molar-refractivity contribution < 1.29 is 9.53 Å². The summed E-state index contributed by atoms with van der Waals surface area (Å²) in [5.74, 6) is -0.410. The molecule has 0 spiro atoms. The van der Waals surface area contributed by atoms with E-state index in [2.05, 4.69) is 17.3 Å². The zero-order chi connectivity index (χ0) is 15.4. The van der Waals surface area contributed by atoms with E-state index in [1.807, 2.05) is 13.2 Å². The molecule has 21 heavy (non-hydrogen) atoms. The zero-order valence-corrected chi connectivity index (χ0v) is 12.5. The Balaban J connectivity index is 2.25. The summed E-state index contributed by atoms with van der Waals surface area (Å²) in [7, 11) is 3.24. The van der Waals surface area contributed by atoms with Crippen LogP contribution in [-0.2, 0) is 24.8 Å². The van der Waals surface area contributed by atoms with Gasteiger partial charge in [-0.15, -0.1) is 0 Å². The van der Waals surface area contributed by atoms with E-state index in [1.165, 1.54) is 7.11 Å². The molecule has 0 aliphatic carbocycles. The van der Waals surface area contributed by atoms with Gasteiger partial charge < -0.3 is 15.8 Å². The van der Waals surface area contributed by atoms with Gasteiger partial charge in [-0.2, -0.15) is 5.10 Å². The van der Waals surface area contributed by atoms with Gasteiger partial charge in [-0.1, -0.05) is 13.0 Å². The zero-order valence-electron chi connectivity index (χ0n) is 12.5. The van der Waals surface area contributed by atoms with Crippen LogP contribution >= 0.6 is 0 Å². The predicted octanol–water partition coefficient (Wildman–Crippen LogP) is 1.96. The molecule has 1 aromatic heterocycles. The number of carbonyl (C=O) groups excluding carboxylic acids is 1. The van der Waals surface area contributed by atoms with Gasteiger partial charge in [0.1, 0.15) is 0 Å². The fraction of sp³-hybridized carbons (Fsp3) is 0.333. The van der Waals surface area contributed by atoms with E-state index < -0.39 is 5.97 Å². The topological polar surface area (TPSA) is 82.2 Å². The maximum absolute atomic E-state index is 11.8. The van der Waals surface area contributed by atoms with Crippen LogP contribution < -0.4 is 11.1 Å². The molecule has 0 bridgehead atoms. The van der Waals surface area contributed by atoms with Gasteiger partial charge in [0.25, 0.3) is 0 Å². The second-order valence-electron chi connectivity index (χ2n) is 4.74. The number of methoxy groups -OCH3 is 1. The molecule has 0 aliphatic heterocycles. The number of para-hydroxylation sites is 1. The normalized spacial score (nSPS) is 10.4. The summed E-state index contributed by atoms with van der Waals surface area (Å²) in [5, 5.41) is 7.61. The van der Waals surface area contributed by atoms with Crippen molar-refractivity contribution >= 4 is 17.3 Å². The molecule has 3 N–H and O–H groups in total. The number of aryl methyl sites for hydroxylation is 2. The third-order valence-electron chi connectivity index (χ3n) is 3.28. The summed E-state index contributed by atoms with van der Waals surface area (Å²) >= 11 is 0. The smallest absolute Gasteiger partial charge is 0.340 e. The van der Waals surface area contributed by atoms with E-state index in [1.54, 1.807) is 22.9 Å². The lowest BCUT2D eigenvalue weighted by Gasteiger charge is -2.13. The maximum Gasteiger partial charge on any atom is 0.340 e. The molecule has 0 unspecified atom stereocenters. The van der Waals surface area contributed by atoms with E-state index in [-0.39, 0.29) is 0 Å². The third kappa shape index (κ3) is 3.16. The molecular formula is C15H20N4O2. The number of esters is 1. The summed E-state index contributed by atoms with van der Waals surface area (Å²) in [4.78, 5) is 11.8. The average molecular weight is 288 g/mol. The highest BCUT2D eigenvalue weighted by Crippen LogP contribution is 2.25. The van der Waals surface area contributed by atoms with Crippen molar-refractivity contribution in [1.82, 2.24) is 9.78 Å². The molecule has 6 nitrogen and oxygen atoms in total. The molecule has 2 aromatic rings. The summed E-state index contributed by atoms with van der Waals surface area (Å²) < 4.78 is 6.57. The lowest BCUT2D eigenvalue weighted by Crippen LogP contribution is -2.10. The van der Waals surface area contributed by atoms with Crippen molar-refractivity contribution in [3.05, 3.63) is 41.2 Å². The van der Waals surface area contributed by atoms with Crippen LogP contribution in [0, 0.1) is 0 Å². The van der Waals surface area contributed by atoms with Gasteiger partial charge in [0, 0.05) is 25.4 Å². The van der Waals surface area contributed by atoms with Gasteiger partial charge in [0.2, 0.25) is 0 Å². The second kappa shape index (κ2) is 6.30. The van der Waals surface area contributed by atoms with Crippen LogP contribution in [0.5, 0.6) is 0 Å². The predicted molar refractivity (Wildman–Crippen MR) is 82.1 cm³/mol. The Morgan fingerprint density at radius 2 is 2.24 bits per heavy atom. The van der Waals surface area contributed by atoms with E-state index in [0.717, 1.165) is 17.7 Å². The number of hydrogen-bond donors (Lipinski definition) is 2. The monoisotopic (exact) mass is 288 g/mol. The van der Waals surface area contributed by atoms with Crippen molar-refractivity contribution in [2.24, 2.45) is 7.05 Å². The molecule has 2 rings (SSSR count). The molecule has 0 amide bonds. The van der Waals surface area contributed by atoms with E-state index in [0.29, 0.717) is 23.5 Å². The second-order valence-corrected chi connectivity index (χ2v) is 4.74. The van der Waals surface area contributed by atoms with E-state index in [9.17, 15) is 4.79 Å². The first-order valence-electron chi connectivity index (χ1n) is 6.78. The van der Waals surface area contributed by atoms with E-state index in [4.69, 9.17) is 10.5 Å². The van der Waals surface area contributed by atoms with Crippen LogP contribution in [0.15, 0.2) is 24.4 Å². The standard InChI is InChI=1S/C15H20N4O2/c1-4-13-10(9-19(2)18-13)8-17-14-11(15(20)21-3)6-5-7-12(14)16/h5-7,9,17H,4,8,16H2,1-3H3. The minimum atomic E-state index is -0.410. The molecule has 1 heterocycles. The number of nitrogens with zero attached hydrogens (tertiary/aromatic N) is 2. The highest BCUT2D eigenvalue weighted by Gasteiger charge is 2.15. The molecule has 0 radical (unpaired) electrons. The number of nitrogens with two attached hydrogens (primary N) is 1. The molecule has 6 heteroatoms. The minimum Gasteiger partial charge on any atom is -0.465 e. The van der Waals surface area contributed by atoms with Crippen LogP contribution in [0.1, 0.15) is 28.5 Å². The fourth-order valence-electron chi connectivity index (χ4n) is 2.26. The molecular weight excluding hydrogens is 268 g/mol. The average Bonchev–Trinajstić information content (AvgIpc) is 2.85. The first-order chi connectivity index (χ1) is 10.1. The fourth-order valence-corrected chi connectivity index (χ4v) is 2.26. The first kappa shape index (κ1) is 14.9. The molecule has 0 aliphatic rings. The Bertz CT molecular complexity index is 649. The third-order valence-corrected chi connectivity index (χ3v) is 3.28. The molecule has 0 atom stereocenters. The quantitative estimate of drug-likeness (QED) is 0.649. The highest BCUT2D eigenvalue weighted by molar-refractivity contribution is 5.98. The van der Waals surface area contributed by atoms with Crippen molar-refractivity contribution in [1.29, 1.82) is 0 Å². The minimum absolute atomic E-state index is 0.410. The Kier molecular flexibility index (Phi) is 4.47. The van der Waals surface area contributed by atoms with Gasteiger partial charge in [-0.3, -0.25) is 4.68 Å². The van der Waals surface area contributed by atoms with Crippen LogP contribution in [0.4, 0.5) is 11.4 Å². The Morgan fingerprint density at radius 3 is 2.90 bits per heavy atom. The Hall–Kier alpha value is -2.50. The summed E-state index contributed by atoms with van der Waals surface area (Å²) in [6.45, 7) is 2.61. The van der Waals surface area contributed by atoms with Gasteiger partial charge in [0.05, 0.1) is 29.7 Å². The lowest BCUT2D eigenvalue weighted by molar-refractivity contribution is 0.0602. The Morgan fingerprint density at radius 1 is 1.48 bits per heavy atom. The molecule has 0 saturated carbocycles. The number of anilines is 2. The number of aromatic nitrogens is 2. The van der Waals surface area contributed by atoms with Crippen LogP contribution in [0.2, 0.25) is 0 Å². The van der Waals surface area contributed by atoms with Crippen molar-refractivity contribution in [2.45, 2.75) is 19.9 Å². The first-order valence-corrected chi connectivity index (χ1v) is 6.78. The van der Waals surface area contributed by atoms with Gasteiger partial charge in [-0.05, 0) is 18.6 Å². The summed E-state index contributed by atoms with van der Waals surface area (Å²) in [5.41, 5.74) is 9.61. The van der Waals surface area contributed by atoms with Crippen LogP contribution in [0.25, 0.3) is 0 Å². The van der Waals surface area contributed by atoms with Crippen molar-refractivity contribution in [3.8, 4) is 0 Å². The van der Waals surface area contributed by atoms with Crippen molar-refractivity contribution in [2.75, 3.05) is 18.2 Å². The Labute approximate surface area is 123 Å². The largest absolute Gasteiger partial charge is 0.465 e. The maximum atomic E-state index is 11.8. The number of rotatable bonds is 5. The highest BCUT2D eigenvalue weighted by atomic mass is 16.5. The SMILES string of the molecule is CCc1nn(C)cc1CNc1c(N)cccc1C(=O)OC. The number of carbonyl (C=O) groups is 1. The van der Waals surface area contributed by atoms with Crippen LogP contribution in [0.3, 0.4) is 0 Å². The summed E-state index contributed by atoms with van der Waals surface area (Å²) in [6, 6.07) is 5.17. The van der Waals surface area contributed by atoms with Gasteiger partial charge in [0.15, 0.2) is 0 Å². The van der Waals surface area contributed by atoms with E-state index >= 15 is 0 Å². The summed E-state index contributed by atoms with van der Waals surface area (Å²) in [6.07, 6.45) is 2.81. The number of hydrogen-bond acceptors (Lipinski definition) is 5. The van der Waals surface area contributed by atoms with Crippen molar-refractivity contribution in [3.63, 3.8) is 0 Å². The lowest BCUT2D eigenvalue weighted by atomic mass is 10.1. The molecule has 1 aromatic carbocycles. The molecule has 112 valence electrons. The van der Waals surface area contributed by atoms with Gasteiger partial charge in [-0.25, -0.2) is 4.79 Å². The number of ether oxygens (including phenoxy) is 1. The number of benzene rings is 1. The molecule has 0 fully saturated rings. The van der Waals surface area contributed by atoms with Crippen LogP contribution in [-0.4, -0.2) is 22.9 Å². The van der Waals surface area contributed by atoms with Gasteiger partial charge >= 0.3 is 5.97 Å². The number of nitrogen functional groups attached to an aromatic ring is 1. The molecule has 0 saturated heterocycles. The number of nitrogens with one attached hydrogen (secondary N) is 1.